The number of hydrogen-bond donors (Lipinski definition) is 2. The van der Waals surface area contributed by atoms with E-state index in [0.717, 1.165) is 46.6 Å². The molecule has 0 saturated heterocycles. The van der Waals surface area contributed by atoms with Crippen LogP contribution >= 0.6 is 34.4 Å². The Morgan fingerprint density at radius 1 is 1.30 bits per heavy atom. The summed E-state index contributed by atoms with van der Waals surface area (Å²) >= 11 is 3.97. The van der Waals surface area contributed by atoms with Crippen molar-refractivity contribution in [3.63, 3.8) is 0 Å². The van der Waals surface area contributed by atoms with Gasteiger partial charge in [0.15, 0.2) is 5.16 Å². The van der Waals surface area contributed by atoms with E-state index in [1.807, 2.05) is 29.6 Å². The minimum atomic E-state index is -0.528. The highest BCUT2D eigenvalue weighted by atomic mass is 32.2. The number of nitrogens with zero attached hydrogens (tertiary/aromatic N) is 2. The van der Waals surface area contributed by atoms with E-state index in [1.165, 1.54) is 39.0 Å². The molecule has 0 spiro atoms. The molecule has 2 amide bonds. The van der Waals surface area contributed by atoms with Gasteiger partial charge in [0.2, 0.25) is 5.91 Å². The number of amides is 2. The van der Waals surface area contributed by atoms with Gasteiger partial charge in [-0.25, -0.2) is 4.98 Å². The zero-order valence-electron chi connectivity index (χ0n) is 20.0. The summed E-state index contributed by atoms with van der Waals surface area (Å²) in [5.41, 5.74) is 8.48. The van der Waals surface area contributed by atoms with Gasteiger partial charge in [0.1, 0.15) is 15.6 Å². The standard InChI is InChI=1S/C26H24N4O4S3/c1-3-11-30-25(33)21-17(14-7-9-15(34-2)10-8-14)12-35-23(21)29-26(30)36-13-19(31)28-24-20(22(27)32)16-5-4-6-18(16)37-24/h3,7-10,12H,1,4-6,11,13H2,2H3,(H2,27,32)(H,28,31). The summed E-state index contributed by atoms with van der Waals surface area (Å²) in [6, 6.07) is 7.52. The van der Waals surface area contributed by atoms with Crippen molar-refractivity contribution in [1.82, 2.24) is 9.55 Å². The first-order chi connectivity index (χ1) is 17.9. The van der Waals surface area contributed by atoms with Crippen LogP contribution in [0.25, 0.3) is 21.3 Å². The molecule has 0 fully saturated rings. The predicted molar refractivity (Wildman–Crippen MR) is 150 cm³/mol. The molecule has 0 radical (unpaired) electrons. The van der Waals surface area contributed by atoms with E-state index >= 15 is 0 Å². The van der Waals surface area contributed by atoms with Gasteiger partial charge in [-0.1, -0.05) is 30.0 Å². The van der Waals surface area contributed by atoms with Crippen LogP contribution in [0.2, 0.25) is 0 Å². The number of carbonyl (C=O) groups excluding carboxylic acids is 2. The van der Waals surface area contributed by atoms with E-state index in [2.05, 4.69) is 11.9 Å². The van der Waals surface area contributed by atoms with Gasteiger partial charge in [0, 0.05) is 22.4 Å². The minimum Gasteiger partial charge on any atom is -0.497 e. The molecule has 4 aromatic rings. The minimum absolute atomic E-state index is 0.0204. The zero-order valence-corrected chi connectivity index (χ0v) is 22.5. The lowest BCUT2D eigenvalue weighted by Crippen LogP contribution is -2.24. The third kappa shape index (κ3) is 4.81. The summed E-state index contributed by atoms with van der Waals surface area (Å²) in [4.78, 5) is 44.8. The molecular formula is C26H24N4O4S3. The van der Waals surface area contributed by atoms with E-state index in [0.29, 0.717) is 25.9 Å². The van der Waals surface area contributed by atoms with Gasteiger partial charge in [-0.3, -0.25) is 19.0 Å². The number of allylic oxidation sites excluding steroid dienone is 1. The molecular weight excluding hydrogens is 529 g/mol. The van der Waals surface area contributed by atoms with Crippen molar-refractivity contribution in [1.29, 1.82) is 0 Å². The number of anilines is 1. The largest absolute Gasteiger partial charge is 0.497 e. The van der Waals surface area contributed by atoms with Crippen molar-refractivity contribution in [2.45, 2.75) is 31.0 Å². The molecule has 1 aliphatic rings. The first kappa shape index (κ1) is 25.2. The van der Waals surface area contributed by atoms with Crippen molar-refractivity contribution in [2.75, 3.05) is 18.2 Å². The smallest absolute Gasteiger partial charge is 0.263 e. The van der Waals surface area contributed by atoms with Crippen LogP contribution in [0, 0.1) is 0 Å². The lowest BCUT2D eigenvalue weighted by atomic mass is 10.1. The van der Waals surface area contributed by atoms with E-state index in [9.17, 15) is 14.4 Å². The van der Waals surface area contributed by atoms with E-state index in [4.69, 9.17) is 15.5 Å². The van der Waals surface area contributed by atoms with Crippen LogP contribution in [0.5, 0.6) is 5.75 Å². The Hall–Kier alpha value is -3.41. The third-order valence-electron chi connectivity index (χ3n) is 6.12. The highest BCUT2D eigenvalue weighted by Gasteiger charge is 2.26. The van der Waals surface area contributed by atoms with Crippen LogP contribution in [-0.2, 0) is 24.2 Å². The summed E-state index contributed by atoms with van der Waals surface area (Å²) in [5.74, 6) is -0.0683. The Balaban J connectivity index is 1.41. The number of aromatic nitrogens is 2. The van der Waals surface area contributed by atoms with Gasteiger partial charge in [-0.05, 0) is 42.5 Å². The number of benzene rings is 1. The molecule has 3 heterocycles. The average molecular weight is 553 g/mol. The summed E-state index contributed by atoms with van der Waals surface area (Å²) in [5, 5.41) is 6.22. The average Bonchev–Trinajstić information content (AvgIpc) is 3.59. The van der Waals surface area contributed by atoms with Crippen molar-refractivity contribution in [3.05, 3.63) is 68.7 Å². The first-order valence-electron chi connectivity index (χ1n) is 11.6. The first-order valence-corrected chi connectivity index (χ1v) is 14.2. The molecule has 3 aromatic heterocycles. The Morgan fingerprint density at radius 3 is 2.78 bits per heavy atom. The van der Waals surface area contributed by atoms with Crippen LogP contribution in [0.15, 0.2) is 52.3 Å². The quantitative estimate of drug-likeness (QED) is 0.177. The van der Waals surface area contributed by atoms with Gasteiger partial charge in [-0.15, -0.1) is 29.3 Å². The number of ether oxygens (including phenoxy) is 1. The fraction of sp³-hybridized carbons (Fsp3) is 0.231. The Bertz CT molecular complexity index is 1580. The van der Waals surface area contributed by atoms with Crippen LogP contribution in [0.3, 0.4) is 0 Å². The molecule has 11 heteroatoms. The topological polar surface area (TPSA) is 116 Å². The molecule has 37 heavy (non-hydrogen) atoms. The van der Waals surface area contributed by atoms with Crippen molar-refractivity contribution in [2.24, 2.45) is 5.73 Å². The van der Waals surface area contributed by atoms with Crippen LogP contribution in [0.1, 0.15) is 27.2 Å². The number of hydrogen-bond acceptors (Lipinski definition) is 8. The zero-order chi connectivity index (χ0) is 26.1. The monoisotopic (exact) mass is 552 g/mol. The third-order valence-corrected chi connectivity index (χ3v) is 9.18. The molecule has 1 aromatic carbocycles. The van der Waals surface area contributed by atoms with Crippen LogP contribution < -0.4 is 21.3 Å². The molecule has 0 bridgehead atoms. The number of methoxy groups -OCH3 is 1. The van der Waals surface area contributed by atoms with Crippen LogP contribution in [-0.4, -0.2) is 34.2 Å². The Morgan fingerprint density at radius 2 is 2.08 bits per heavy atom. The second-order valence-corrected chi connectivity index (χ2v) is 11.3. The molecule has 1 aliphatic carbocycles. The SMILES string of the molecule is C=CCn1c(SCC(=O)Nc2sc3c(c2C(N)=O)CCC3)nc2scc(-c3ccc(OC)cc3)c2c1=O. The molecule has 0 saturated carbocycles. The van der Waals surface area contributed by atoms with Gasteiger partial charge < -0.3 is 15.8 Å². The molecule has 0 atom stereocenters. The van der Waals surface area contributed by atoms with E-state index in [1.54, 1.807) is 13.2 Å². The number of thiophene rings is 2. The van der Waals surface area contributed by atoms with Crippen molar-refractivity contribution in [3.8, 4) is 16.9 Å². The van der Waals surface area contributed by atoms with Gasteiger partial charge in [0.05, 0.1) is 23.8 Å². The van der Waals surface area contributed by atoms with Crippen LogP contribution in [0.4, 0.5) is 5.00 Å². The summed E-state index contributed by atoms with van der Waals surface area (Å²) in [6.45, 7) is 4.03. The number of nitrogens with two attached hydrogens (primary N) is 1. The lowest BCUT2D eigenvalue weighted by Gasteiger charge is -2.11. The normalized spacial score (nSPS) is 12.5. The number of nitrogens with one attached hydrogen (secondary N) is 1. The molecule has 3 N–H and O–H groups in total. The van der Waals surface area contributed by atoms with E-state index in [-0.39, 0.29) is 23.8 Å². The molecule has 190 valence electrons. The summed E-state index contributed by atoms with van der Waals surface area (Å²) in [6.07, 6.45) is 4.31. The second-order valence-electron chi connectivity index (χ2n) is 8.42. The van der Waals surface area contributed by atoms with Crippen molar-refractivity contribution >= 4 is 61.5 Å². The number of carbonyl (C=O) groups is 2. The summed E-state index contributed by atoms with van der Waals surface area (Å²) < 4.78 is 6.77. The fourth-order valence-electron chi connectivity index (χ4n) is 4.43. The number of aryl methyl sites for hydroxylation is 1. The lowest BCUT2D eigenvalue weighted by molar-refractivity contribution is -0.113. The van der Waals surface area contributed by atoms with Crippen molar-refractivity contribution < 1.29 is 14.3 Å². The number of fused-ring (bicyclic) bond motifs is 2. The Labute approximate surface area is 225 Å². The molecule has 0 aliphatic heterocycles. The number of primary amides is 1. The maximum atomic E-state index is 13.5. The van der Waals surface area contributed by atoms with Gasteiger partial charge in [-0.2, -0.15) is 0 Å². The summed E-state index contributed by atoms with van der Waals surface area (Å²) in [7, 11) is 1.61. The maximum Gasteiger partial charge on any atom is 0.263 e. The number of thioether (sulfide) groups is 1. The Kier molecular flexibility index (Phi) is 7.18. The number of rotatable bonds is 9. The van der Waals surface area contributed by atoms with Gasteiger partial charge >= 0.3 is 0 Å². The molecule has 5 rings (SSSR count). The fourth-order valence-corrected chi connectivity index (χ4v) is 7.54. The molecule has 0 unspecified atom stereocenters. The second kappa shape index (κ2) is 10.5. The molecule has 8 nitrogen and oxygen atoms in total. The maximum absolute atomic E-state index is 13.5. The van der Waals surface area contributed by atoms with Gasteiger partial charge in [0.25, 0.3) is 11.5 Å². The highest BCUT2D eigenvalue weighted by molar-refractivity contribution is 7.99. The van der Waals surface area contributed by atoms with E-state index < -0.39 is 5.91 Å². The highest BCUT2D eigenvalue weighted by Crippen LogP contribution is 2.39. The predicted octanol–water partition coefficient (Wildman–Crippen LogP) is 4.70.